The first-order chi connectivity index (χ1) is 10.5. The van der Waals surface area contributed by atoms with Gasteiger partial charge in [-0.3, -0.25) is 14.9 Å². The molecule has 1 N–H and O–H groups in total. The molecule has 0 saturated heterocycles. The maximum absolute atomic E-state index is 12.1. The molecule has 0 aliphatic carbocycles. The monoisotopic (exact) mass is 304 g/mol. The number of hydrogen-bond acceptors (Lipinski definition) is 6. The van der Waals surface area contributed by atoms with E-state index >= 15 is 0 Å². The summed E-state index contributed by atoms with van der Waals surface area (Å²) in [6.07, 6.45) is 1.20. The summed E-state index contributed by atoms with van der Waals surface area (Å²) < 4.78 is 4.97. The second-order valence-electron chi connectivity index (χ2n) is 4.85. The first-order valence-electron chi connectivity index (χ1n) is 6.80. The fraction of sp³-hybridized carbons (Fsp3) is 0.357. The van der Waals surface area contributed by atoms with Crippen molar-refractivity contribution in [1.29, 1.82) is 0 Å². The minimum Gasteiger partial charge on any atom is -0.352 e. The maximum atomic E-state index is 12.1. The van der Waals surface area contributed by atoms with Gasteiger partial charge < -0.3 is 9.84 Å². The van der Waals surface area contributed by atoms with Crippen LogP contribution in [0.3, 0.4) is 0 Å². The van der Waals surface area contributed by atoms with Crippen LogP contribution in [0.4, 0.5) is 5.69 Å². The lowest BCUT2D eigenvalue weighted by Crippen LogP contribution is -2.25. The fourth-order valence-electron chi connectivity index (χ4n) is 1.95. The van der Waals surface area contributed by atoms with Crippen LogP contribution in [0, 0.1) is 24.0 Å². The summed E-state index contributed by atoms with van der Waals surface area (Å²) in [5.41, 5.74) is 0.899. The van der Waals surface area contributed by atoms with Crippen molar-refractivity contribution in [3.8, 4) is 0 Å². The van der Waals surface area contributed by atoms with Crippen molar-refractivity contribution in [3.05, 3.63) is 51.2 Å². The number of amides is 1. The number of nitrogens with zero attached hydrogens (tertiary/aromatic N) is 3. The summed E-state index contributed by atoms with van der Waals surface area (Å²) in [7, 11) is 0. The number of nitrogens with one attached hydrogen (secondary N) is 1. The zero-order valence-corrected chi connectivity index (χ0v) is 12.3. The van der Waals surface area contributed by atoms with Crippen LogP contribution in [0.15, 0.2) is 22.7 Å². The molecule has 0 spiro atoms. The summed E-state index contributed by atoms with van der Waals surface area (Å²) >= 11 is 0. The predicted octanol–water partition coefficient (Wildman–Crippen LogP) is 1.96. The highest BCUT2D eigenvalue weighted by molar-refractivity contribution is 5.96. The van der Waals surface area contributed by atoms with Crippen molar-refractivity contribution in [2.75, 3.05) is 6.54 Å². The number of non-ortho nitro benzene ring substituents is 1. The molecular formula is C14H16N4O4. The van der Waals surface area contributed by atoms with Crippen LogP contribution in [-0.2, 0) is 6.42 Å². The topological polar surface area (TPSA) is 111 Å². The molecule has 1 amide bonds. The van der Waals surface area contributed by atoms with Crippen LogP contribution in [0.2, 0.25) is 0 Å². The molecular weight excluding hydrogens is 288 g/mol. The quantitative estimate of drug-likeness (QED) is 0.496. The highest BCUT2D eigenvalue weighted by atomic mass is 16.6. The second-order valence-corrected chi connectivity index (χ2v) is 4.85. The summed E-state index contributed by atoms with van der Waals surface area (Å²) in [5.74, 6) is 0.771. The van der Waals surface area contributed by atoms with Gasteiger partial charge >= 0.3 is 0 Å². The Morgan fingerprint density at radius 3 is 2.82 bits per heavy atom. The molecule has 0 fully saturated rings. The molecule has 0 aliphatic heterocycles. The Kier molecular flexibility index (Phi) is 4.82. The van der Waals surface area contributed by atoms with E-state index in [0.717, 1.165) is 0 Å². The third-order valence-electron chi connectivity index (χ3n) is 3.10. The van der Waals surface area contributed by atoms with Crippen LogP contribution in [0.1, 0.15) is 34.1 Å². The van der Waals surface area contributed by atoms with Crippen LogP contribution in [-0.4, -0.2) is 27.5 Å². The van der Waals surface area contributed by atoms with Gasteiger partial charge in [0.1, 0.15) is 0 Å². The van der Waals surface area contributed by atoms with E-state index in [1.807, 2.05) is 0 Å². The average molecular weight is 304 g/mol. The number of rotatable bonds is 6. The van der Waals surface area contributed by atoms with Crippen molar-refractivity contribution >= 4 is 11.6 Å². The third kappa shape index (κ3) is 3.87. The second kappa shape index (κ2) is 6.79. The van der Waals surface area contributed by atoms with Crippen molar-refractivity contribution < 1.29 is 14.2 Å². The van der Waals surface area contributed by atoms with Gasteiger partial charge in [-0.15, -0.1) is 0 Å². The SMILES string of the molecule is Cc1noc(CCCNC(=O)c2cc([N+](=O)[O-])ccc2C)n1. The van der Waals surface area contributed by atoms with Gasteiger partial charge in [-0.1, -0.05) is 11.2 Å². The Balaban J connectivity index is 1.89. The molecule has 8 heteroatoms. The minimum absolute atomic E-state index is 0.0999. The van der Waals surface area contributed by atoms with E-state index in [0.29, 0.717) is 42.2 Å². The van der Waals surface area contributed by atoms with E-state index in [1.165, 1.54) is 12.1 Å². The number of nitro benzene ring substituents is 1. The molecule has 8 nitrogen and oxygen atoms in total. The van der Waals surface area contributed by atoms with E-state index in [-0.39, 0.29) is 11.6 Å². The molecule has 0 atom stereocenters. The Morgan fingerprint density at radius 2 is 2.18 bits per heavy atom. The molecule has 0 radical (unpaired) electrons. The van der Waals surface area contributed by atoms with E-state index < -0.39 is 4.92 Å². The normalized spacial score (nSPS) is 10.5. The van der Waals surface area contributed by atoms with Gasteiger partial charge in [-0.25, -0.2) is 0 Å². The average Bonchev–Trinajstić information content (AvgIpc) is 2.89. The molecule has 2 rings (SSSR count). The predicted molar refractivity (Wildman–Crippen MR) is 77.5 cm³/mol. The summed E-state index contributed by atoms with van der Waals surface area (Å²) in [6.45, 7) is 3.89. The smallest absolute Gasteiger partial charge is 0.270 e. The van der Waals surface area contributed by atoms with Crippen molar-refractivity contribution in [2.24, 2.45) is 0 Å². The standard InChI is InChI=1S/C14H16N4O4/c1-9-5-6-11(18(20)21)8-12(9)14(19)15-7-3-4-13-16-10(2)17-22-13/h5-6,8H,3-4,7H2,1-2H3,(H,15,19). The first-order valence-corrected chi connectivity index (χ1v) is 6.80. The van der Waals surface area contributed by atoms with Gasteiger partial charge in [-0.2, -0.15) is 4.98 Å². The van der Waals surface area contributed by atoms with Crippen molar-refractivity contribution in [1.82, 2.24) is 15.5 Å². The van der Waals surface area contributed by atoms with E-state index in [2.05, 4.69) is 15.5 Å². The number of benzene rings is 1. The lowest BCUT2D eigenvalue weighted by molar-refractivity contribution is -0.384. The van der Waals surface area contributed by atoms with Crippen molar-refractivity contribution in [3.63, 3.8) is 0 Å². The van der Waals surface area contributed by atoms with E-state index in [1.54, 1.807) is 19.9 Å². The number of carbonyl (C=O) groups excluding carboxylic acids is 1. The minimum atomic E-state index is -0.520. The van der Waals surface area contributed by atoms with Gasteiger partial charge in [-0.05, 0) is 25.8 Å². The number of carbonyl (C=O) groups is 1. The molecule has 1 aromatic carbocycles. The molecule has 0 aliphatic rings. The first kappa shape index (κ1) is 15.6. The molecule has 22 heavy (non-hydrogen) atoms. The largest absolute Gasteiger partial charge is 0.352 e. The van der Waals surface area contributed by atoms with Crippen LogP contribution in [0.5, 0.6) is 0 Å². The molecule has 0 unspecified atom stereocenters. The van der Waals surface area contributed by atoms with Gasteiger partial charge in [0.2, 0.25) is 5.89 Å². The van der Waals surface area contributed by atoms with Gasteiger partial charge in [0.15, 0.2) is 5.82 Å². The van der Waals surface area contributed by atoms with Gasteiger partial charge in [0, 0.05) is 30.7 Å². The molecule has 2 aromatic rings. The fourth-order valence-corrected chi connectivity index (χ4v) is 1.95. The van der Waals surface area contributed by atoms with Crippen LogP contribution < -0.4 is 5.32 Å². The zero-order chi connectivity index (χ0) is 16.1. The number of aromatic nitrogens is 2. The molecule has 1 heterocycles. The van der Waals surface area contributed by atoms with E-state index in [9.17, 15) is 14.9 Å². The highest BCUT2D eigenvalue weighted by Crippen LogP contribution is 2.17. The number of aryl methyl sites for hydroxylation is 3. The van der Waals surface area contributed by atoms with Gasteiger partial charge in [0.25, 0.3) is 11.6 Å². The lowest BCUT2D eigenvalue weighted by atomic mass is 10.1. The maximum Gasteiger partial charge on any atom is 0.270 e. The Bertz CT molecular complexity index is 696. The van der Waals surface area contributed by atoms with Crippen LogP contribution in [0.25, 0.3) is 0 Å². The highest BCUT2D eigenvalue weighted by Gasteiger charge is 2.14. The van der Waals surface area contributed by atoms with Gasteiger partial charge in [0.05, 0.1) is 4.92 Å². The van der Waals surface area contributed by atoms with Crippen LogP contribution >= 0.6 is 0 Å². The summed E-state index contributed by atoms with van der Waals surface area (Å²) in [5, 5.41) is 17.2. The Labute approximate surface area is 126 Å². The van der Waals surface area contributed by atoms with E-state index in [4.69, 9.17) is 4.52 Å². The molecule has 0 bridgehead atoms. The summed E-state index contributed by atoms with van der Waals surface area (Å²) in [6, 6.07) is 4.23. The third-order valence-corrected chi connectivity index (χ3v) is 3.10. The summed E-state index contributed by atoms with van der Waals surface area (Å²) in [4.78, 5) is 26.4. The zero-order valence-electron chi connectivity index (χ0n) is 12.3. The Morgan fingerprint density at radius 1 is 1.41 bits per heavy atom. The number of nitro groups is 1. The molecule has 1 aromatic heterocycles. The van der Waals surface area contributed by atoms with Crippen molar-refractivity contribution in [2.45, 2.75) is 26.7 Å². The molecule has 116 valence electrons. The Hall–Kier alpha value is -2.77. The number of hydrogen-bond donors (Lipinski definition) is 1. The molecule has 0 saturated carbocycles. The lowest BCUT2D eigenvalue weighted by Gasteiger charge is -2.07.